The fourth-order valence-electron chi connectivity index (χ4n) is 1.42. The normalized spacial score (nSPS) is 14.9. The van der Waals surface area contributed by atoms with Crippen LogP contribution in [0.15, 0.2) is 0 Å². The average molecular weight is 227 g/mol. The molecule has 0 spiro atoms. The van der Waals surface area contributed by atoms with Crippen molar-refractivity contribution in [2.24, 2.45) is 11.3 Å². The van der Waals surface area contributed by atoms with Crippen molar-refractivity contribution in [1.29, 1.82) is 0 Å². The summed E-state index contributed by atoms with van der Waals surface area (Å²) < 4.78 is 0. The molecule has 0 aromatic carbocycles. The number of ketones is 1. The fraction of sp³-hybridized carbons (Fsp3) is 0.929. The molecule has 0 bridgehead atoms. The molecule has 2 nitrogen and oxygen atoms in total. The first-order valence-electron chi connectivity index (χ1n) is 6.31. The SMILES string of the molecule is CC(CCNC(C)(C)C)CC(=O)C(C)(C)C. The van der Waals surface area contributed by atoms with Crippen LogP contribution in [-0.2, 0) is 4.79 Å². The Morgan fingerprint density at radius 2 is 1.62 bits per heavy atom. The zero-order valence-electron chi connectivity index (χ0n) is 12.1. The van der Waals surface area contributed by atoms with Crippen LogP contribution in [0.1, 0.15) is 61.3 Å². The van der Waals surface area contributed by atoms with Crippen molar-refractivity contribution in [2.75, 3.05) is 6.54 Å². The van der Waals surface area contributed by atoms with Gasteiger partial charge in [-0.25, -0.2) is 0 Å². The minimum atomic E-state index is -0.189. The summed E-state index contributed by atoms with van der Waals surface area (Å²) in [5.41, 5.74) is -0.0144. The van der Waals surface area contributed by atoms with Crippen LogP contribution in [0.25, 0.3) is 0 Å². The van der Waals surface area contributed by atoms with E-state index in [2.05, 4.69) is 33.0 Å². The Hall–Kier alpha value is -0.370. The molecule has 1 atom stereocenters. The molecule has 0 aliphatic heterocycles. The molecule has 0 amide bonds. The molecule has 0 aliphatic carbocycles. The molecule has 1 unspecified atom stereocenters. The number of hydrogen-bond acceptors (Lipinski definition) is 2. The summed E-state index contributed by atoms with van der Waals surface area (Å²) in [5, 5.41) is 3.45. The Balaban J connectivity index is 3.84. The van der Waals surface area contributed by atoms with Crippen LogP contribution in [-0.4, -0.2) is 17.9 Å². The highest BCUT2D eigenvalue weighted by atomic mass is 16.1. The Bertz CT molecular complexity index is 220. The number of carbonyl (C=O) groups excluding carboxylic acids is 1. The molecule has 2 heteroatoms. The van der Waals surface area contributed by atoms with Crippen LogP contribution >= 0.6 is 0 Å². The Morgan fingerprint density at radius 1 is 1.12 bits per heavy atom. The van der Waals surface area contributed by atoms with Gasteiger partial charge in [0.1, 0.15) is 5.78 Å². The first kappa shape index (κ1) is 15.6. The minimum absolute atomic E-state index is 0.174. The van der Waals surface area contributed by atoms with Gasteiger partial charge in [0, 0.05) is 17.4 Å². The molecule has 0 aromatic heterocycles. The van der Waals surface area contributed by atoms with Crippen molar-refractivity contribution in [2.45, 2.75) is 66.8 Å². The summed E-state index contributed by atoms with van der Waals surface area (Å²) in [5.74, 6) is 0.845. The van der Waals surface area contributed by atoms with Crippen molar-refractivity contribution in [3.63, 3.8) is 0 Å². The van der Waals surface area contributed by atoms with Crippen molar-refractivity contribution >= 4 is 5.78 Å². The maximum atomic E-state index is 11.8. The van der Waals surface area contributed by atoms with Crippen LogP contribution in [0.2, 0.25) is 0 Å². The van der Waals surface area contributed by atoms with Gasteiger partial charge in [0.05, 0.1) is 0 Å². The van der Waals surface area contributed by atoms with Gasteiger partial charge in [0.15, 0.2) is 0 Å². The van der Waals surface area contributed by atoms with E-state index in [1.165, 1.54) is 0 Å². The largest absolute Gasteiger partial charge is 0.312 e. The summed E-state index contributed by atoms with van der Waals surface area (Å²) in [6, 6.07) is 0. The summed E-state index contributed by atoms with van der Waals surface area (Å²) in [7, 11) is 0. The first-order valence-corrected chi connectivity index (χ1v) is 6.31. The van der Waals surface area contributed by atoms with Crippen molar-refractivity contribution < 1.29 is 4.79 Å². The van der Waals surface area contributed by atoms with Gasteiger partial charge < -0.3 is 5.32 Å². The number of carbonyl (C=O) groups is 1. The van der Waals surface area contributed by atoms with Crippen LogP contribution in [0.3, 0.4) is 0 Å². The maximum Gasteiger partial charge on any atom is 0.138 e. The molecule has 0 saturated heterocycles. The van der Waals surface area contributed by atoms with E-state index >= 15 is 0 Å². The first-order chi connectivity index (χ1) is 7.02. The van der Waals surface area contributed by atoms with Gasteiger partial charge in [0.2, 0.25) is 0 Å². The molecule has 96 valence electrons. The smallest absolute Gasteiger partial charge is 0.138 e. The van der Waals surface area contributed by atoms with Gasteiger partial charge in [-0.15, -0.1) is 0 Å². The Morgan fingerprint density at radius 3 is 2.00 bits per heavy atom. The number of Topliss-reactive ketones (excluding diaryl/α,β-unsaturated/α-hetero) is 1. The molecule has 0 aliphatic rings. The predicted molar refractivity (Wildman–Crippen MR) is 70.6 cm³/mol. The molecule has 0 rings (SSSR count). The van der Waals surface area contributed by atoms with Gasteiger partial charge >= 0.3 is 0 Å². The number of hydrogen-bond donors (Lipinski definition) is 1. The summed E-state index contributed by atoms with van der Waals surface area (Å²) in [4.78, 5) is 11.8. The zero-order chi connectivity index (χ0) is 13.0. The molecular weight excluding hydrogens is 198 g/mol. The van der Waals surface area contributed by atoms with Gasteiger partial charge in [-0.3, -0.25) is 4.79 Å². The third-order valence-corrected chi connectivity index (χ3v) is 2.66. The second-order valence-electron chi connectivity index (χ2n) is 6.95. The quantitative estimate of drug-likeness (QED) is 0.780. The second-order valence-corrected chi connectivity index (χ2v) is 6.95. The lowest BCUT2D eigenvalue weighted by Crippen LogP contribution is -2.37. The third kappa shape index (κ3) is 7.86. The van der Waals surface area contributed by atoms with E-state index in [1.54, 1.807) is 0 Å². The van der Waals surface area contributed by atoms with Crippen LogP contribution in [0, 0.1) is 11.3 Å². The molecule has 0 aromatic rings. The highest BCUT2D eigenvalue weighted by molar-refractivity contribution is 5.83. The van der Waals surface area contributed by atoms with Crippen LogP contribution < -0.4 is 5.32 Å². The van der Waals surface area contributed by atoms with E-state index in [1.807, 2.05) is 20.8 Å². The van der Waals surface area contributed by atoms with Gasteiger partial charge in [-0.2, -0.15) is 0 Å². The molecular formula is C14H29NO. The van der Waals surface area contributed by atoms with E-state index in [4.69, 9.17) is 0 Å². The fourth-order valence-corrected chi connectivity index (χ4v) is 1.42. The molecule has 0 saturated carbocycles. The Kier molecular flexibility index (Phi) is 5.67. The van der Waals surface area contributed by atoms with E-state index in [-0.39, 0.29) is 11.0 Å². The topological polar surface area (TPSA) is 29.1 Å². The van der Waals surface area contributed by atoms with Gasteiger partial charge in [0.25, 0.3) is 0 Å². The molecule has 16 heavy (non-hydrogen) atoms. The van der Waals surface area contributed by atoms with E-state index < -0.39 is 0 Å². The van der Waals surface area contributed by atoms with Crippen molar-refractivity contribution in [3.8, 4) is 0 Å². The summed E-state index contributed by atoms with van der Waals surface area (Å²) >= 11 is 0. The van der Waals surface area contributed by atoms with E-state index in [0.29, 0.717) is 18.1 Å². The Labute approximate surface area is 101 Å². The lowest BCUT2D eigenvalue weighted by atomic mass is 9.85. The highest BCUT2D eigenvalue weighted by Gasteiger charge is 2.22. The average Bonchev–Trinajstić information content (AvgIpc) is 1.99. The molecule has 0 heterocycles. The number of rotatable bonds is 5. The summed E-state index contributed by atoms with van der Waals surface area (Å²) in [6.07, 6.45) is 1.77. The van der Waals surface area contributed by atoms with Crippen LogP contribution in [0.4, 0.5) is 0 Å². The van der Waals surface area contributed by atoms with Crippen molar-refractivity contribution in [3.05, 3.63) is 0 Å². The maximum absolute atomic E-state index is 11.8. The summed E-state index contributed by atoms with van der Waals surface area (Å²) in [6.45, 7) is 15.6. The zero-order valence-corrected chi connectivity index (χ0v) is 12.1. The van der Waals surface area contributed by atoms with Crippen LogP contribution in [0.5, 0.6) is 0 Å². The van der Waals surface area contributed by atoms with E-state index in [0.717, 1.165) is 13.0 Å². The highest BCUT2D eigenvalue weighted by Crippen LogP contribution is 2.21. The van der Waals surface area contributed by atoms with Gasteiger partial charge in [-0.1, -0.05) is 27.7 Å². The lowest BCUT2D eigenvalue weighted by Gasteiger charge is -2.23. The minimum Gasteiger partial charge on any atom is -0.312 e. The monoisotopic (exact) mass is 227 g/mol. The molecule has 0 radical (unpaired) electrons. The van der Waals surface area contributed by atoms with E-state index in [9.17, 15) is 4.79 Å². The molecule has 1 N–H and O–H groups in total. The standard InChI is InChI=1S/C14H29NO/c1-11(8-9-15-14(5,6)7)10-12(16)13(2,3)4/h11,15H,8-10H2,1-7H3. The third-order valence-electron chi connectivity index (χ3n) is 2.66. The second kappa shape index (κ2) is 5.81. The molecule has 0 fully saturated rings. The predicted octanol–water partition coefficient (Wildman–Crippen LogP) is 3.41. The lowest BCUT2D eigenvalue weighted by molar-refractivity contribution is -0.127. The number of nitrogens with one attached hydrogen (secondary N) is 1. The van der Waals surface area contributed by atoms with Gasteiger partial charge in [-0.05, 0) is 39.7 Å². The van der Waals surface area contributed by atoms with Crippen molar-refractivity contribution in [1.82, 2.24) is 5.32 Å².